The highest BCUT2D eigenvalue weighted by Gasteiger charge is 2.42. The standard InChI is InChI=1S/C12H22O3/c1-9-5-3-7-12(14-9)8-4-6-11(15-12)10(2)13/h9-11,13H,3-8H2,1-2H3/t9-,10+,11+,12+/m1/s1. The van der Waals surface area contributed by atoms with Crippen molar-refractivity contribution in [1.82, 2.24) is 0 Å². The van der Waals surface area contributed by atoms with Crippen molar-refractivity contribution in [2.24, 2.45) is 0 Å². The molecule has 0 saturated carbocycles. The minimum absolute atomic E-state index is 0.0379. The second-order valence-electron chi connectivity index (χ2n) is 5.02. The zero-order valence-electron chi connectivity index (χ0n) is 9.74. The van der Waals surface area contributed by atoms with E-state index in [1.54, 1.807) is 6.92 Å². The first-order valence-electron chi connectivity index (χ1n) is 6.15. The molecule has 0 aliphatic carbocycles. The van der Waals surface area contributed by atoms with Crippen LogP contribution in [-0.4, -0.2) is 29.2 Å². The number of hydrogen-bond donors (Lipinski definition) is 1. The number of hydrogen-bond acceptors (Lipinski definition) is 3. The third-order valence-electron chi connectivity index (χ3n) is 3.53. The van der Waals surface area contributed by atoms with Crippen molar-refractivity contribution >= 4 is 0 Å². The summed E-state index contributed by atoms with van der Waals surface area (Å²) in [6.45, 7) is 3.91. The van der Waals surface area contributed by atoms with E-state index in [4.69, 9.17) is 9.47 Å². The van der Waals surface area contributed by atoms with Gasteiger partial charge in [-0.25, -0.2) is 0 Å². The van der Waals surface area contributed by atoms with Gasteiger partial charge in [0.05, 0.1) is 18.3 Å². The molecule has 88 valence electrons. The molecule has 0 amide bonds. The highest BCUT2D eigenvalue weighted by molar-refractivity contribution is 4.84. The van der Waals surface area contributed by atoms with E-state index in [0.29, 0.717) is 6.10 Å². The average Bonchev–Trinajstić information content (AvgIpc) is 2.17. The fraction of sp³-hybridized carbons (Fsp3) is 1.00. The highest BCUT2D eigenvalue weighted by atomic mass is 16.7. The van der Waals surface area contributed by atoms with Crippen LogP contribution in [0.5, 0.6) is 0 Å². The fourth-order valence-electron chi connectivity index (χ4n) is 2.72. The second kappa shape index (κ2) is 4.40. The Hall–Kier alpha value is -0.120. The van der Waals surface area contributed by atoms with Crippen molar-refractivity contribution in [3.05, 3.63) is 0 Å². The molecule has 2 rings (SSSR count). The van der Waals surface area contributed by atoms with Gasteiger partial charge in [-0.05, 0) is 39.5 Å². The van der Waals surface area contributed by atoms with Gasteiger partial charge in [0.2, 0.25) is 0 Å². The molecule has 0 unspecified atom stereocenters. The molecule has 0 bridgehead atoms. The SMILES string of the molecule is C[C@@H]1CCC[C@]2(CCC[C@@H]([C@H](C)O)O2)O1. The lowest BCUT2D eigenvalue weighted by Crippen LogP contribution is -2.49. The van der Waals surface area contributed by atoms with Crippen molar-refractivity contribution in [2.45, 2.75) is 76.5 Å². The van der Waals surface area contributed by atoms with Gasteiger partial charge >= 0.3 is 0 Å². The minimum Gasteiger partial charge on any atom is -0.391 e. The molecular formula is C12H22O3. The molecule has 3 heteroatoms. The summed E-state index contributed by atoms with van der Waals surface area (Å²) in [5, 5.41) is 9.58. The van der Waals surface area contributed by atoms with Crippen LogP contribution in [0.4, 0.5) is 0 Å². The van der Waals surface area contributed by atoms with Gasteiger partial charge in [-0.3, -0.25) is 0 Å². The molecule has 0 aromatic rings. The van der Waals surface area contributed by atoms with Gasteiger partial charge in [-0.2, -0.15) is 0 Å². The summed E-state index contributed by atoms with van der Waals surface area (Å²) in [4.78, 5) is 0. The highest BCUT2D eigenvalue weighted by Crippen LogP contribution is 2.39. The summed E-state index contributed by atoms with van der Waals surface area (Å²) in [5.41, 5.74) is 0. The molecule has 15 heavy (non-hydrogen) atoms. The summed E-state index contributed by atoms with van der Waals surface area (Å²) in [5.74, 6) is -0.377. The van der Waals surface area contributed by atoms with Crippen molar-refractivity contribution in [3.8, 4) is 0 Å². The summed E-state index contributed by atoms with van der Waals surface area (Å²) < 4.78 is 11.9. The quantitative estimate of drug-likeness (QED) is 0.727. The lowest BCUT2D eigenvalue weighted by atomic mass is 9.92. The summed E-state index contributed by atoms with van der Waals surface area (Å²) >= 11 is 0. The third-order valence-corrected chi connectivity index (χ3v) is 3.53. The summed E-state index contributed by atoms with van der Waals surface area (Å²) in [7, 11) is 0. The largest absolute Gasteiger partial charge is 0.391 e. The first-order chi connectivity index (χ1) is 7.11. The van der Waals surface area contributed by atoms with E-state index in [-0.39, 0.29) is 18.0 Å². The molecule has 0 aromatic carbocycles. The van der Waals surface area contributed by atoms with Crippen molar-refractivity contribution in [1.29, 1.82) is 0 Å². The molecule has 2 fully saturated rings. The second-order valence-corrected chi connectivity index (χ2v) is 5.02. The zero-order chi connectivity index (χ0) is 10.9. The molecule has 2 aliphatic rings. The van der Waals surface area contributed by atoms with E-state index in [9.17, 15) is 5.11 Å². The van der Waals surface area contributed by atoms with Crippen LogP contribution >= 0.6 is 0 Å². The Balaban J connectivity index is 2.01. The first kappa shape index (κ1) is 11.4. The number of ether oxygens (including phenoxy) is 2. The normalized spacial score (nSPS) is 44.2. The Bertz CT molecular complexity index is 213. The van der Waals surface area contributed by atoms with Gasteiger partial charge in [-0.15, -0.1) is 0 Å². The van der Waals surface area contributed by atoms with Crippen molar-refractivity contribution in [3.63, 3.8) is 0 Å². The van der Waals surface area contributed by atoms with Crippen LogP contribution in [0.15, 0.2) is 0 Å². The molecule has 2 saturated heterocycles. The lowest BCUT2D eigenvalue weighted by Gasteiger charge is -2.46. The van der Waals surface area contributed by atoms with E-state index in [2.05, 4.69) is 6.92 Å². The molecule has 0 radical (unpaired) electrons. The maximum Gasteiger partial charge on any atom is 0.169 e. The third kappa shape index (κ3) is 2.52. The smallest absolute Gasteiger partial charge is 0.169 e. The van der Waals surface area contributed by atoms with Gasteiger partial charge in [0.25, 0.3) is 0 Å². The van der Waals surface area contributed by atoms with Crippen molar-refractivity contribution < 1.29 is 14.6 Å². The van der Waals surface area contributed by atoms with E-state index < -0.39 is 0 Å². The van der Waals surface area contributed by atoms with E-state index in [1.165, 1.54) is 6.42 Å². The number of aliphatic hydroxyl groups is 1. The Morgan fingerprint density at radius 1 is 1.20 bits per heavy atom. The van der Waals surface area contributed by atoms with E-state index >= 15 is 0 Å². The van der Waals surface area contributed by atoms with Gasteiger partial charge in [0.15, 0.2) is 5.79 Å². The van der Waals surface area contributed by atoms with Crippen LogP contribution in [-0.2, 0) is 9.47 Å². The van der Waals surface area contributed by atoms with Gasteiger partial charge < -0.3 is 14.6 Å². The monoisotopic (exact) mass is 214 g/mol. The molecular weight excluding hydrogens is 192 g/mol. The number of aliphatic hydroxyl groups excluding tert-OH is 1. The Kier molecular flexibility index (Phi) is 3.33. The summed E-state index contributed by atoms with van der Waals surface area (Å²) in [6.07, 6.45) is 6.21. The average molecular weight is 214 g/mol. The van der Waals surface area contributed by atoms with Gasteiger partial charge in [-0.1, -0.05) is 0 Å². The van der Waals surface area contributed by atoms with Crippen LogP contribution in [0.3, 0.4) is 0 Å². The molecule has 3 nitrogen and oxygen atoms in total. The van der Waals surface area contributed by atoms with Crippen LogP contribution in [0.25, 0.3) is 0 Å². The van der Waals surface area contributed by atoms with Crippen LogP contribution in [0, 0.1) is 0 Å². The Labute approximate surface area is 91.8 Å². The lowest BCUT2D eigenvalue weighted by molar-refractivity contribution is -0.321. The maximum atomic E-state index is 9.58. The zero-order valence-corrected chi connectivity index (χ0v) is 9.74. The van der Waals surface area contributed by atoms with Gasteiger partial charge in [0, 0.05) is 12.8 Å². The predicted molar refractivity (Wildman–Crippen MR) is 57.5 cm³/mol. The predicted octanol–water partition coefficient (Wildman–Crippen LogP) is 2.22. The summed E-state index contributed by atoms with van der Waals surface area (Å²) in [6, 6.07) is 0. The topological polar surface area (TPSA) is 38.7 Å². The molecule has 0 aromatic heterocycles. The molecule has 2 aliphatic heterocycles. The number of rotatable bonds is 1. The molecule has 1 N–H and O–H groups in total. The van der Waals surface area contributed by atoms with E-state index in [1.807, 2.05) is 0 Å². The van der Waals surface area contributed by atoms with Crippen LogP contribution < -0.4 is 0 Å². The Morgan fingerprint density at radius 3 is 2.47 bits per heavy atom. The molecule has 4 atom stereocenters. The van der Waals surface area contributed by atoms with Crippen LogP contribution in [0.2, 0.25) is 0 Å². The van der Waals surface area contributed by atoms with Crippen molar-refractivity contribution in [2.75, 3.05) is 0 Å². The van der Waals surface area contributed by atoms with Crippen LogP contribution in [0.1, 0.15) is 52.4 Å². The maximum absolute atomic E-state index is 9.58. The first-order valence-corrected chi connectivity index (χ1v) is 6.15. The molecule has 2 heterocycles. The van der Waals surface area contributed by atoms with E-state index in [0.717, 1.165) is 32.1 Å². The Morgan fingerprint density at radius 2 is 1.87 bits per heavy atom. The van der Waals surface area contributed by atoms with Gasteiger partial charge in [0.1, 0.15) is 0 Å². The molecule has 1 spiro atoms. The fourth-order valence-corrected chi connectivity index (χ4v) is 2.72. The minimum atomic E-state index is -0.386.